The third kappa shape index (κ3) is 3.08. The zero-order chi connectivity index (χ0) is 17.4. The minimum atomic E-state index is -0.770. The lowest BCUT2D eigenvalue weighted by Gasteiger charge is -2.34. The van der Waals surface area contributed by atoms with Gasteiger partial charge in [-0.15, -0.1) is 5.10 Å². The van der Waals surface area contributed by atoms with Crippen LogP contribution in [0.2, 0.25) is 0 Å². The first kappa shape index (κ1) is 16.3. The lowest BCUT2D eigenvalue weighted by molar-refractivity contribution is -0.0427. The number of aliphatic hydroxyl groups is 1. The van der Waals surface area contributed by atoms with Crippen LogP contribution in [0.15, 0.2) is 18.5 Å². The van der Waals surface area contributed by atoms with Crippen LogP contribution >= 0.6 is 0 Å². The number of hydrogen-bond acceptors (Lipinski definition) is 4. The molecule has 0 aromatic carbocycles. The third-order valence-electron chi connectivity index (χ3n) is 5.79. The molecule has 2 heterocycles. The Hall–Kier alpha value is -2.15. The van der Waals surface area contributed by atoms with E-state index in [9.17, 15) is 9.90 Å². The van der Waals surface area contributed by atoms with E-state index in [0.717, 1.165) is 50.8 Å². The summed E-state index contributed by atoms with van der Waals surface area (Å²) in [7, 11) is 0. The van der Waals surface area contributed by atoms with Gasteiger partial charge in [0.15, 0.2) is 0 Å². The maximum Gasteiger partial charge on any atom is 0.253 e. The summed E-state index contributed by atoms with van der Waals surface area (Å²) in [6.45, 7) is 2.63. The van der Waals surface area contributed by atoms with Gasteiger partial charge in [-0.25, -0.2) is 0 Å². The second-order valence-corrected chi connectivity index (χ2v) is 7.50. The van der Waals surface area contributed by atoms with Gasteiger partial charge in [-0.3, -0.25) is 9.48 Å². The van der Waals surface area contributed by atoms with Crippen LogP contribution in [-0.2, 0) is 12.1 Å². The van der Waals surface area contributed by atoms with Gasteiger partial charge in [0.25, 0.3) is 5.91 Å². The molecule has 0 aliphatic heterocycles. The van der Waals surface area contributed by atoms with E-state index in [2.05, 4.69) is 20.6 Å². The fourth-order valence-corrected chi connectivity index (χ4v) is 4.00. The molecule has 2 aromatic heterocycles. The van der Waals surface area contributed by atoms with Gasteiger partial charge in [0.1, 0.15) is 11.3 Å². The number of nitrogens with zero attached hydrogens (tertiary/aromatic N) is 3. The van der Waals surface area contributed by atoms with Crippen molar-refractivity contribution in [3.63, 3.8) is 0 Å². The molecular weight excluding hydrogens is 318 g/mol. The van der Waals surface area contributed by atoms with E-state index in [1.165, 1.54) is 0 Å². The molecule has 0 bridgehead atoms. The number of aromatic nitrogens is 4. The molecule has 0 spiro atoms. The van der Waals surface area contributed by atoms with Crippen LogP contribution < -0.4 is 5.32 Å². The Balaban J connectivity index is 1.40. The van der Waals surface area contributed by atoms with E-state index in [4.69, 9.17) is 0 Å². The highest BCUT2D eigenvalue weighted by atomic mass is 16.3. The lowest BCUT2D eigenvalue weighted by Crippen LogP contribution is -2.39. The van der Waals surface area contributed by atoms with E-state index in [1.807, 2.05) is 23.9 Å². The monoisotopic (exact) mass is 343 g/mol. The van der Waals surface area contributed by atoms with Crippen LogP contribution in [0, 0.1) is 12.8 Å². The number of aromatic amines is 1. The number of carbonyl (C=O) groups excluding carboxylic acids is 1. The number of hydrogen-bond donors (Lipinski definition) is 3. The topological polar surface area (TPSA) is 95.8 Å². The molecular formula is C18H25N5O2. The van der Waals surface area contributed by atoms with Gasteiger partial charge >= 0.3 is 0 Å². The first-order chi connectivity index (χ1) is 12.0. The normalized spacial score (nSPS) is 24.9. The molecule has 7 nitrogen and oxygen atoms in total. The molecule has 134 valence electrons. The standard InChI is InChI=1S/C18H25N5O2/c1-12-14(6-9-19-12)17(24)20-15-5-2-4-13(15)10-23-11-16(21-22-23)18(25)7-3-8-18/h6,9,11,13,15,19,25H,2-5,7-8,10H2,1H3,(H,20,24)/t13-,15-/m1/s1. The zero-order valence-corrected chi connectivity index (χ0v) is 14.5. The molecule has 2 fully saturated rings. The Kier molecular flexibility index (Phi) is 4.11. The molecule has 4 rings (SSSR count). The Morgan fingerprint density at radius 2 is 2.28 bits per heavy atom. The fourth-order valence-electron chi connectivity index (χ4n) is 4.00. The number of carbonyl (C=O) groups is 1. The summed E-state index contributed by atoms with van der Waals surface area (Å²) in [4.78, 5) is 15.5. The van der Waals surface area contributed by atoms with Crippen molar-refractivity contribution in [3.05, 3.63) is 35.4 Å². The summed E-state index contributed by atoms with van der Waals surface area (Å²) in [5.41, 5.74) is 1.51. The third-order valence-corrected chi connectivity index (χ3v) is 5.79. The average Bonchev–Trinajstić information content (AvgIpc) is 3.28. The molecule has 2 aliphatic carbocycles. The fraction of sp³-hybridized carbons (Fsp3) is 0.611. The molecule has 2 aliphatic rings. The van der Waals surface area contributed by atoms with Crippen molar-refractivity contribution in [2.75, 3.05) is 0 Å². The molecule has 2 aromatic rings. The number of rotatable bonds is 5. The number of aryl methyl sites for hydroxylation is 1. The van der Waals surface area contributed by atoms with Crippen LogP contribution in [0.1, 0.15) is 60.3 Å². The number of nitrogens with one attached hydrogen (secondary N) is 2. The van der Waals surface area contributed by atoms with Crippen molar-refractivity contribution in [3.8, 4) is 0 Å². The molecule has 0 saturated heterocycles. The molecule has 2 saturated carbocycles. The highest BCUT2D eigenvalue weighted by molar-refractivity contribution is 5.95. The molecule has 2 atom stereocenters. The largest absolute Gasteiger partial charge is 0.383 e. The Morgan fingerprint density at radius 3 is 2.96 bits per heavy atom. The summed E-state index contributed by atoms with van der Waals surface area (Å²) < 4.78 is 1.82. The van der Waals surface area contributed by atoms with E-state index in [1.54, 1.807) is 6.20 Å². The summed E-state index contributed by atoms with van der Waals surface area (Å²) in [5, 5.41) is 21.9. The number of amides is 1. The van der Waals surface area contributed by atoms with Gasteiger partial charge in [-0.1, -0.05) is 11.6 Å². The summed E-state index contributed by atoms with van der Waals surface area (Å²) >= 11 is 0. The van der Waals surface area contributed by atoms with Crippen molar-refractivity contribution < 1.29 is 9.90 Å². The van der Waals surface area contributed by atoms with Gasteiger partial charge in [0.2, 0.25) is 0 Å². The Bertz CT molecular complexity index is 761. The first-order valence-electron chi connectivity index (χ1n) is 9.13. The second kappa shape index (κ2) is 6.29. The first-order valence-corrected chi connectivity index (χ1v) is 9.13. The van der Waals surface area contributed by atoms with Gasteiger partial charge < -0.3 is 15.4 Å². The molecule has 0 radical (unpaired) electrons. The van der Waals surface area contributed by atoms with Crippen molar-refractivity contribution in [1.29, 1.82) is 0 Å². The van der Waals surface area contributed by atoms with Crippen LogP contribution in [-0.4, -0.2) is 37.0 Å². The van der Waals surface area contributed by atoms with Crippen molar-refractivity contribution in [2.24, 2.45) is 5.92 Å². The van der Waals surface area contributed by atoms with E-state index < -0.39 is 5.60 Å². The highest BCUT2D eigenvalue weighted by Gasteiger charge is 2.39. The van der Waals surface area contributed by atoms with E-state index >= 15 is 0 Å². The summed E-state index contributed by atoms with van der Waals surface area (Å²) in [6, 6.07) is 1.97. The Labute approximate surface area is 146 Å². The summed E-state index contributed by atoms with van der Waals surface area (Å²) in [6.07, 6.45) is 9.40. The Morgan fingerprint density at radius 1 is 1.44 bits per heavy atom. The maximum absolute atomic E-state index is 12.5. The zero-order valence-electron chi connectivity index (χ0n) is 14.5. The van der Waals surface area contributed by atoms with Gasteiger partial charge in [-0.2, -0.15) is 0 Å². The smallest absolute Gasteiger partial charge is 0.253 e. The summed E-state index contributed by atoms with van der Waals surface area (Å²) in [5.74, 6) is 0.326. The van der Waals surface area contributed by atoms with Crippen molar-refractivity contribution >= 4 is 5.91 Å². The minimum Gasteiger partial charge on any atom is -0.383 e. The maximum atomic E-state index is 12.5. The van der Waals surface area contributed by atoms with Crippen LogP contribution in [0.4, 0.5) is 0 Å². The SMILES string of the molecule is Cc1[nH]ccc1C(=O)N[C@@H]1CCC[C@@H]1Cn1cc(C2(O)CCC2)nn1. The van der Waals surface area contributed by atoms with Crippen molar-refractivity contribution in [2.45, 2.75) is 63.6 Å². The van der Waals surface area contributed by atoms with Gasteiger partial charge in [0.05, 0.1) is 11.8 Å². The van der Waals surface area contributed by atoms with Crippen LogP contribution in [0.25, 0.3) is 0 Å². The highest BCUT2D eigenvalue weighted by Crippen LogP contribution is 2.39. The molecule has 3 N–H and O–H groups in total. The van der Waals surface area contributed by atoms with Gasteiger partial charge in [0, 0.05) is 24.5 Å². The molecule has 1 amide bonds. The van der Waals surface area contributed by atoms with Crippen LogP contribution in [0.5, 0.6) is 0 Å². The van der Waals surface area contributed by atoms with E-state index in [-0.39, 0.29) is 11.9 Å². The van der Waals surface area contributed by atoms with Gasteiger partial charge in [-0.05, 0) is 51.0 Å². The second-order valence-electron chi connectivity index (χ2n) is 7.50. The average molecular weight is 343 g/mol. The predicted octanol–water partition coefficient (Wildman–Crippen LogP) is 1.88. The van der Waals surface area contributed by atoms with E-state index in [0.29, 0.717) is 17.2 Å². The molecule has 7 heteroatoms. The molecule has 0 unspecified atom stereocenters. The molecule has 25 heavy (non-hydrogen) atoms. The lowest BCUT2D eigenvalue weighted by atomic mass is 9.78. The predicted molar refractivity (Wildman–Crippen MR) is 91.9 cm³/mol. The van der Waals surface area contributed by atoms with Crippen LogP contribution in [0.3, 0.4) is 0 Å². The van der Waals surface area contributed by atoms with Crippen molar-refractivity contribution in [1.82, 2.24) is 25.3 Å². The quantitative estimate of drug-likeness (QED) is 0.772. The minimum absolute atomic E-state index is 0.0151. The number of H-pyrrole nitrogens is 1.